The molecule has 1 aliphatic heterocycles. The average molecular weight is 478 g/mol. The second-order valence-corrected chi connectivity index (χ2v) is 8.86. The number of hydrogen-bond acceptors (Lipinski definition) is 4. The van der Waals surface area contributed by atoms with Crippen molar-refractivity contribution in [2.45, 2.75) is 25.7 Å². The Bertz CT molecular complexity index is 1300. The third-order valence-corrected chi connectivity index (χ3v) is 6.34. The molecule has 1 atom stereocenters. The summed E-state index contributed by atoms with van der Waals surface area (Å²) in [7, 11) is 1.69. The molecule has 1 aliphatic rings. The van der Waals surface area contributed by atoms with Gasteiger partial charge in [0.15, 0.2) is 11.5 Å². The lowest BCUT2D eigenvalue weighted by Gasteiger charge is -2.26. The fourth-order valence-corrected chi connectivity index (χ4v) is 4.43. The molecule has 182 valence electrons. The van der Waals surface area contributed by atoms with E-state index in [-0.39, 0.29) is 6.04 Å². The monoisotopic (exact) mass is 477 g/mol. The molecule has 0 amide bonds. The highest BCUT2D eigenvalue weighted by molar-refractivity contribution is 5.56. The summed E-state index contributed by atoms with van der Waals surface area (Å²) in [6.45, 7) is 1.98. The van der Waals surface area contributed by atoms with Crippen molar-refractivity contribution >= 4 is 6.08 Å². The Morgan fingerprint density at radius 2 is 1.50 bits per heavy atom. The van der Waals surface area contributed by atoms with Crippen molar-refractivity contribution in [1.82, 2.24) is 5.32 Å². The molecule has 0 fully saturated rings. The van der Waals surface area contributed by atoms with Crippen molar-refractivity contribution < 1.29 is 14.2 Å². The second-order valence-electron chi connectivity index (χ2n) is 8.86. The van der Waals surface area contributed by atoms with E-state index in [0.29, 0.717) is 13.2 Å². The highest BCUT2D eigenvalue weighted by Crippen LogP contribution is 2.36. The van der Waals surface area contributed by atoms with Crippen LogP contribution in [-0.4, -0.2) is 13.7 Å². The highest BCUT2D eigenvalue weighted by atomic mass is 16.5. The molecule has 0 bridgehead atoms. The van der Waals surface area contributed by atoms with Gasteiger partial charge >= 0.3 is 0 Å². The Kier molecular flexibility index (Phi) is 7.64. The standard InChI is InChI=1S/C32H31NO3/c1-34-31-21-29-27(20-32(31)36-23-26-11-6-3-7-12-26)17-18-33-30(29)16-15-24-13-8-14-28(19-24)35-22-25-9-4-2-5-10-25/h2-16,19-21,30,33H,17-18,22-23H2,1H3. The summed E-state index contributed by atoms with van der Waals surface area (Å²) in [6, 6.07) is 32.9. The normalized spacial score (nSPS) is 14.9. The topological polar surface area (TPSA) is 39.7 Å². The van der Waals surface area contributed by atoms with E-state index in [1.165, 1.54) is 11.1 Å². The summed E-state index contributed by atoms with van der Waals surface area (Å²) in [6.07, 6.45) is 5.31. The minimum atomic E-state index is 0.0970. The maximum atomic E-state index is 6.14. The van der Waals surface area contributed by atoms with Gasteiger partial charge in [-0.25, -0.2) is 0 Å². The third-order valence-electron chi connectivity index (χ3n) is 6.34. The van der Waals surface area contributed by atoms with Crippen LogP contribution < -0.4 is 19.5 Å². The summed E-state index contributed by atoms with van der Waals surface area (Å²) in [5.74, 6) is 2.40. The second kappa shape index (κ2) is 11.6. The Morgan fingerprint density at radius 3 is 2.22 bits per heavy atom. The molecule has 4 aromatic carbocycles. The van der Waals surface area contributed by atoms with E-state index in [9.17, 15) is 0 Å². The lowest BCUT2D eigenvalue weighted by Crippen LogP contribution is -2.28. The van der Waals surface area contributed by atoms with Gasteiger partial charge in [0.05, 0.1) is 13.2 Å². The summed E-state index contributed by atoms with van der Waals surface area (Å²) in [5.41, 5.74) is 5.90. The van der Waals surface area contributed by atoms with Gasteiger partial charge in [-0.05, 0) is 58.5 Å². The molecule has 1 heterocycles. The van der Waals surface area contributed by atoms with Crippen molar-refractivity contribution in [3.63, 3.8) is 0 Å². The van der Waals surface area contributed by atoms with Gasteiger partial charge in [-0.3, -0.25) is 0 Å². The summed E-state index contributed by atoms with van der Waals surface area (Å²) < 4.78 is 17.8. The van der Waals surface area contributed by atoms with Gasteiger partial charge in [-0.2, -0.15) is 0 Å². The molecule has 1 N–H and O–H groups in total. The zero-order valence-corrected chi connectivity index (χ0v) is 20.5. The van der Waals surface area contributed by atoms with Gasteiger partial charge in [0.1, 0.15) is 19.0 Å². The number of hydrogen-bond donors (Lipinski definition) is 1. The number of ether oxygens (including phenoxy) is 3. The third kappa shape index (κ3) is 5.96. The molecule has 0 aromatic heterocycles. The summed E-state index contributed by atoms with van der Waals surface area (Å²) >= 11 is 0. The number of methoxy groups -OCH3 is 1. The number of rotatable bonds is 9. The van der Waals surface area contributed by atoms with Crippen molar-refractivity contribution in [2.75, 3.05) is 13.7 Å². The molecular formula is C32H31NO3. The van der Waals surface area contributed by atoms with Gasteiger partial charge in [0.2, 0.25) is 0 Å². The van der Waals surface area contributed by atoms with E-state index in [1.807, 2.05) is 48.5 Å². The highest BCUT2D eigenvalue weighted by Gasteiger charge is 2.21. The Morgan fingerprint density at radius 1 is 0.778 bits per heavy atom. The fourth-order valence-electron chi connectivity index (χ4n) is 4.43. The molecule has 0 saturated heterocycles. The van der Waals surface area contributed by atoms with E-state index in [2.05, 4.69) is 66.0 Å². The predicted octanol–water partition coefficient (Wildman–Crippen LogP) is 6.75. The zero-order valence-electron chi connectivity index (χ0n) is 20.5. The predicted molar refractivity (Wildman–Crippen MR) is 144 cm³/mol. The molecule has 1 unspecified atom stereocenters. The first-order chi connectivity index (χ1) is 17.8. The van der Waals surface area contributed by atoms with Crippen LogP contribution in [0.25, 0.3) is 6.08 Å². The van der Waals surface area contributed by atoms with Crippen LogP contribution in [0.2, 0.25) is 0 Å². The van der Waals surface area contributed by atoms with Crippen LogP contribution in [0.1, 0.15) is 33.9 Å². The summed E-state index contributed by atoms with van der Waals surface area (Å²) in [5, 5.41) is 3.62. The van der Waals surface area contributed by atoms with Gasteiger partial charge < -0.3 is 19.5 Å². The first-order valence-corrected chi connectivity index (χ1v) is 12.3. The Hall–Kier alpha value is -4.02. The van der Waals surface area contributed by atoms with Crippen LogP contribution in [0.15, 0.2) is 103 Å². The van der Waals surface area contributed by atoms with Gasteiger partial charge in [0, 0.05) is 6.54 Å². The van der Waals surface area contributed by atoms with Gasteiger partial charge in [-0.15, -0.1) is 0 Å². The molecule has 5 rings (SSSR count). The quantitative estimate of drug-likeness (QED) is 0.289. The van der Waals surface area contributed by atoms with Crippen LogP contribution in [0.5, 0.6) is 17.2 Å². The van der Waals surface area contributed by atoms with Crippen LogP contribution in [0.3, 0.4) is 0 Å². The van der Waals surface area contributed by atoms with E-state index >= 15 is 0 Å². The van der Waals surface area contributed by atoms with E-state index in [1.54, 1.807) is 7.11 Å². The lowest BCUT2D eigenvalue weighted by molar-refractivity contribution is 0.283. The SMILES string of the molecule is COc1cc2c(cc1OCc1ccccc1)CCNC2C=Cc1cccc(OCc2ccccc2)c1. The number of fused-ring (bicyclic) bond motifs is 1. The molecule has 0 spiro atoms. The van der Waals surface area contributed by atoms with Crippen LogP contribution >= 0.6 is 0 Å². The largest absolute Gasteiger partial charge is 0.493 e. The molecule has 4 nitrogen and oxygen atoms in total. The molecule has 4 aromatic rings. The van der Waals surface area contributed by atoms with E-state index in [4.69, 9.17) is 14.2 Å². The zero-order chi connectivity index (χ0) is 24.6. The van der Waals surface area contributed by atoms with E-state index in [0.717, 1.165) is 46.9 Å². The van der Waals surface area contributed by atoms with Crippen molar-refractivity contribution in [2.24, 2.45) is 0 Å². The first-order valence-electron chi connectivity index (χ1n) is 12.3. The molecule has 0 saturated carbocycles. The smallest absolute Gasteiger partial charge is 0.161 e. The maximum absolute atomic E-state index is 6.14. The number of nitrogens with one attached hydrogen (secondary N) is 1. The minimum Gasteiger partial charge on any atom is -0.493 e. The molecular weight excluding hydrogens is 446 g/mol. The van der Waals surface area contributed by atoms with Gasteiger partial charge in [0.25, 0.3) is 0 Å². The molecule has 4 heteroatoms. The Balaban J connectivity index is 1.29. The van der Waals surface area contributed by atoms with Crippen LogP contribution in [-0.2, 0) is 19.6 Å². The lowest BCUT2D eigenvalue weighted by atomic mass is 9.93. The fraction of sp³-hybridized carbons (Fsp3) is 0.188. The van der Waals surface area contributed by atoms with E-state index < -0.39 is 0 Å². The summed E-state index contributed by atoms with van der Waals surface area (Å²) in [4.78, 5) is 0. The first kappa shape index (κ1) is 23.7. The number of benzene rings is 4. The minimum absolute atomic E-state index is 0.0970. The molecule has 36 heavy (non-hydrogen) atoms. The van der Waals surface area contributed by atoms with Crippen molar-refractivity contribution in [3.05, 3.63) is 131 Å². The molecule has 0 radical (unpaired) electrons. The van der Waals surface area contributed by atoms with Crippen LogP contribution in [0, 0.1) is 0 Å². The van der Waals surface area contributed by atoms with Crippen molar-refractivity contribution in [1.29, 1.82) is 0 Å². The maximum Gasteiger partial charge on any atom is 0.161 e. The Labute approximate surface area is 213 Å². The molecule has 0 aliphatic carbocycles. The van der Waals surface area contributed by atoms with Gasteiger partial charge in [-0.1, -0.05) is 84.9 Å². The van der Waals surface area contributed by atoms with Crippen LogP contribution in [0.4, 0.5) is 0 Å². The average Bonchev–Trinajstić information content (AvgIpc) is 2.94. The van der Waals surface area contributed by atoms with Crippen molar-refractivity contribution in [3.8, 4) is 17.2 Å².